The standard InChI is InChI=1S/C11H13ClN2S/c1-2-3-6-13-11-14-9-5-4-8(12)7-10(9)15-11/h4-5,7H,2-3,6H2,1H3,(H,13,14). The van der Waals surface area contributed by atoms with Gasteiger partial charge in [-0.2, -0.15) is 0 Å². The Kier molecular flexibility index (Phi) is 3.44. The van der Waals surface area contributed by atoms with Crippen LogP contribution in [-0.4, -0.2) is 11.5 Å². The second kappa shape index (κ2) is 4.81. The number of halogens is 1. The summed E-state index contributed by atoms with van der Waals surface area (Å²) in [4.78, 5) is 4.47. The van der Waals surface area contributed by atoms with Crippen molar-refractivity contribution in [3.05, 3.63) is 23.2 Å². The summed E-state index contributed by atoms with van der Waals surface area (Å²) in [6, 6.07) is 5.79. The fourth-order valence-electron chi connectivity index (χ4n) is 1.35. The minimum Gasteiger partial charge on any atom is -0.361 e. The van der Waals surface area contributed by atoms with Crippen molar-refractivity contribution < 1.29 is 0 Å². The van der Waals surface area contributed by atoms with Crippen molar-refractivity contribution in [1.29, 1.82) is 0 Å². The van der Waals surface area contributed by atoms with Gasteiger partial charge in [-0.1, -0.05) is 36.3 Å². The van der Waals surface area contributed by atoms with E-state index in [1.165, 1.54) is 12.8 Å². The van der Waals surface area contributed by atoms with Crippen LogP contribution in [0, 0.1) is 0 Å². The molecule has 0 spiro atoms. The lowest BCUT2D eigenvalue weighted by atomic mass is 10.3. The second-order valence-corrected chi connectivity index (χ2v) is 4.88. The van der Waals surface area contributed by atoms with Gasteiger partial charge in [-0.15, -0.1) is 0 Å². The van der Waals surface area contributed by atoms with Gasteiger partial charge in [-0.05, 0) is 24.6 Å². The van der Waals surface area contributed by atoms with E-state index in [0.29, 0.717) is 0 Å². The number of fused-ring (bicyclic) bond motifs is 1. The third-order valence-electron chi connectivity index (χ3n) is 2.16. The molecule has 0 saturated heterocycles. The average molecular weight is 241 g/mol. The Hall–Kier alpha value is -0.800. The summed E-state index contributed by atoms with van der Waals surface area (Å²) in [6.07, 6.45) is 2.38. The zero-order valence-corrected chi connectivity index (χ0v) is 10.2. The van der Waals surface area contributed by atoms with Crippen LogP contribution in [0.25, 0.3) is 10.2 Å². The molecule has 0 bridgehead atoms. The lowest BCUT2D eigenvalue weighted by Gasteiger charge is -1.98. The fourth-order valence-corrected chi connectivity index (χ4v) is 2.51. The largest absolute Gasteiger partial charge is 0.361 e. The number of nitrogens with zero attached hydrogens (tertiary/aromatic N) is 1. The molecule has 0 aliphatic rings. The predicted octanol–water partition coefficient (Wildman–Crippen LogP) is 4.16. The molecule has 2 rings (SSSR count). The maximum Gasteiger partial charge on any atom is 0.183 e. The zero-order chi connectivity index (χ0) is 10.7. The Labute approximate surface area is 98.3 Å². The molecule has 0 fully saturated rings. The molecule has 1 aromatic carbocycles. The first-order valence-electron chi connectivity index (χ1n) is 5.09. The van der Waals surface area contributed by atoms with Gasteiger partial charge in [0.05, 0.1) is 10.2 Å². The van der Waals surface area contributed by atoms with Gasteiger partial charge < -0.3 is 5.32 Å². The van der Waals surface area contributed by atoms with Gasteiger partial charge in [0.15, 0.2) is 5.13 Å². The van der Waals surface area contributed by atoms with Crippen LogP contribution in [-0.2, 0) is 0 Å². The number of hydrogen-bond acceptors (Lipinski definition) is 3. The number of thiazole rings is 1. The predicted molar refractivity (Wildman–Crippen MR) is 68.0 cm³/mol. The summed E-state index contributed by atoms with van der Waals surface area (Å²) < 4.78 is 1.14. The molecule has 80 valence electrons. The number of unbranched alkanes of at least 4 members (excludes halogenated alkanes) is 1. The Morgan fingerprint density at radius 1 is 1.47 bits per heavy atom. The highest BCUT2D eigenvalue weighted by Gasteiger charge is 2.02. The molecule has 0 aliphatic heterocycles. The molecule has 0 atom stereocenters. The van der Waals surface area contributed by atoms with Gasteiger partial charge in [0.25, 0.3) is 0 Å². The van der Waals surface area contributed by atoms with E-state index in [1.54, 1.807) is 11.3 Å². The van der Waals surface area contributed by atoms with Crippen LogP contribution in [0.1, 0.15) is 19.8 Å². The van der Waals surface area contributed by atoms with Crippen LogP contribution < -0.4 is 5.32 Å². The number of hydrogen-bond donors (Lipinski definition) is 1. The van der Waals surface area contributed by atoms with Crippen LogP contribution in [0.5, 0.6) is 0 Å². The molecule has 4 heteroatoms. The molecule has 1 aromatic heterocycles. The maximum absolute atomic E-state index is 5.91. The highest BCUT2D eigenvalue weighted by Crippen LogP contribution is 2.28. The zero-order valence-electron chi connectivity index (χ0n) is 8.59. The molecule has 2 nitrogen and oxygen atoms in total. The third kappa shape index (κ3) is 2.61. The normalized spacial score (nSPS) is 10.8. The molecular formula is C11H13ClN2S. The molecule has 0 saturated carbocycles. The Balaban J connectivity index is 2.16. The van der Waals surface area contributed by atoms with E-state index in [4.69, 9.17) is 11.6 Å². The van der Waals surface area contributed by atoms with Crippen LogP contribution in [0.2, 0.25) is 5.02 Å². The van der Waals surface area contributed by atoms with E-state index in [0.717, 1.165) is 26.9 Å². The molecule has 2 aromatic rings. The van der Waals surface area contributed by atoms with Crippen molar-refractivity contribution in [2.24, 2.45) is 0 Å². The number of anilines is 1. The van der Waals surface area contributed by atoms with Crippen LogP contribution in [0.15, 0.2) is 18.2 Å². The van der Waals surface area contributed by atoms with Crippen LogP contribution >= 0.6 is 22.9 Å². The van der Waals surface area contributed by atoms with Gasteiger partial charge in [-0.3, -0.25) is 0 Å². The molecular weight excluding hydrogens is 228 g/mol. The number of benzene rings is 1. The smallest absolute Gasteiger partial charge is 0.183 e. The van der Waals surface area contributed by atoms with Gasteiger partial charge in [-0.25, -0.2) is 4.98 Å². The first kappa shape index (κ1) is 10.7. The summed E-state index contributed by atoms with van der Waals surface area (Å²) in [5, 5.41) is 5.08. The molecule has 0 unspecified atom stereocenters. The van der Waals surface area contributed by atoms with Crippen molar-refractivity contribution in [2.45, 2.75) is 19.8 Å². The summed E-state index contributed by atoms with van der Waals surface area (Å²) in [6.45, 7) is 3.17. The van der Waals surface area contributed by atoms with Crippen molar-refractivity contribution in [3.8, 4) is 0 Å². The molecule has 0 radical (unpaired) electrons. The van der Waals surface area contributed by atoms with Crippen molar-refractivity contribution in [3.63, 3.8) is 0 Å². The Bertz CT molecular complexity index is 453. The molecule has 1 N–H and O–H groups in total. The van der Waals surface area contributed by atoms with E-state index in [1.807, 2.05) is 18.2 Å². The maximum atomic E-state index is 5.91. The number of rotatable bonds is 4. The summed E-state index contributed by atoms with van der Waals surface area (Å²) in [5.41, 5.74) is 1.02. The van der Waals surface area contributed by atoms with Crippen LogP contribution in [0.3, 0.4) is 0 Å². The molecule has 0 aliphatic carbocycles. The SMILES string of the molecule is CCCCNc1nc2ccc(Cl)cc2s1. The summed E-state index contributed by atoms with van der Waals surface area (Å²) in [5.74, 6) is 0. The quantitative estimate of drug-likeness (QED) is 0.812. The van der Waals surface area contributed by atoms with E-state index >= 15 is 0 Å². The van der Waals surface area contributed by atoms with Crippen molar-refractivity contribution in [2.75, 3.05) is 11.9 Å². The van der Waals surface area contributed by atoms with E-state index in [-0.39, 0.29) is 0 Å². The molecule has 0 amide bonds. The van der Waals surface area contributed by atoms with Crippen molar-refractivity contribution >= 4 is 38.3 Å². The fraction of sp³-hybridized carbons (Fsp3) is 0.364. The number of nitrogens with one attached hydrogen (secondary N) is 1. The highest BCUT2D eigenvalue weighted by molar-refractivity contribution is 7.22. The summed E-state index contributed by atoms with van der Waals surface area (Å²) in [7, 11) is 0. The Morgan fingerprint density at radius 2 is 2.33 bits per heavy atom. The third-order valence-corrected chi connectivity index (χ3v) is 3.37. The van der Waals surface area contributed by atoms with Gasteiger partial charge in [0.2, 0.25) is 0 Å². The number of aromatic nitrogens is 1. The highest BCUT2D eigenvalue weighted by atomic mass is 35.5. The van der Waals surface area contributed by atoms with Crippen molar-refractivity contribution in [1.82, 2.24) is 4.98 Å². The lowest BCUT2D eigenvalue weighted by molar-refractivity contribution is 0.834. The van der Waals surface area contributed by atoms with Gasteiger partial charge in [0.1, 0.15) is 0 Å². The minimum absolute atomic E-state index is 0.770. The minimum atomic E-state index is 0.770. The first-order chi connectivity index (χ1) is 7.29. The Morgan fingerprint density at radius 3 is 3.13 bits per heavy atom. The molecule has 15 heavy (non-hydrogen) atoms. The van der Waals surface area contributed by atoms with Crippen LogP contribution in [0.4, 0.5) is 5.13 Å². The van der Waals surface area contributed by atoms with E-state index < -0.39 is 0 Å². The second-order valence-electron chi connectivity index (χ2n) is 3.41. The lowest BCUT2D eigenvalue weighted by Crippen LogP contribution is -1.99. The van der Waals surface area contributed by atoms with Gasteiger partial charge >= 0.3 is 0 Å². The first-order valence-corrected chi connectivity index (χ1v) is 6.29. The molecule has 1 heterocycles. The van der Waals surface area contributed by atoms with E-state index in [2.05, 4.69) is 17.2 Å². The summed E-state index contributed by atoms with van der Waals surface area (Å²) >= 11 is 7.57. The topological polar surface area (TPSA) is 24.9 Å². The van der Waals surface area contributed by atoms with E-state index in [9.17, 15) is 0 Å². The van der Waals surface area contributed by atoms with Gasteiger partial charge in [0, 0.05) is 11.6 Å². The monoisotopic (exact) mass is 240 g/mol. The average Bonchev–Trinajstić information content (AvgIpc) is 2.60.